The highest BCUT2D eigenvalue weighted by molar-refractivity contribution is 6.30. The third kappa shape index (κ3) is 4.45. The number of halogens is 1. The average molecular weight is 418 g/mol. The normalized spacial score (nSPS) is 17.6. The number of benzene rings is 3. The van der Waals surface area contributed by atoms with Crippen molar-refractivity contribution in [1.82, 2.24) is 9.91 Å². The Morgan fingerprint density at radius 3 is 2.33 bits per heavy atom. The minimum absolute atomic E-state index is 0.0163. The molecule has 1 heterocycles. The molecule has 0 saturated carbocycles. The van der Waals surface area contributed by atoms with Crippen LogP contribution in [0.3, 0.4) is 0 Å². The fourth-order valence-electron chi connectivity index (χ4n) is 3.70. The van der Waals surface area contributed by atoms with Gasteiger partial charge in [-0.05, 0) is 42.7 Å². The zero-order chi connectivity index (χ0) is 21.1. The first-order valence-corrected chi connectivity index (χ1v) is 10.4. The highest BCUT2D eigenvalue weighted by Gasteiger charge is 2.39. The first-order valence-electron chi connectivity index (χ1n) is 9.99. The second-order valence-corrected chi connectivity index (χ2v) is 8.04. The molecule has 1 fully saturated rings. The molecule has 0 radical (unpaired) electrons. The van der Waals surface area contributed by atoms with Gasteiger partial charge < -0.3 is 0 Å². The molecular formula is C25H24ClN3O. The molecule has 5 heteroatoms. The smallest absolute Gasteiger partial charge is 0.258 e. The summed E-state index contributed by atoms with van der Waals surface area (Å²) in [6.07, 6.45) is -0.282. The van der Waals surface area contributed by atoms with E-state index < -0.39 is 0 Å². The lowest BCUT2D eigenvalue weighted by Crippen LogP contribution is -2.29. The van der Waals surface area contributed by atoms with Gasteiger partial charge in [0, 0.05) is 11.6 Å². The minimum atomic E-state index is -0.282. The molecule has 3 aromatic rings. The second-order valence-electron chi connectivity index (χ2n) is 7.61. The zero-order valence-electron chi connectivity index (χ0n) is 17.1. The molecule has 1 aliphatic heterocycles. The Morgan fingerprint density at radius 2 is 1.67 bits per heavy atom. The van der Waals surface area contributed by atoms with Crippen LogP contribution in [-0.4, -0.2) is 28.1 Å². The van der Waals surface area contributed by atoms with Crippen LogP contribution in [0.4, 0.5) is 0 Å². The zero-order valence-corrected chi connectivity index (χ0v) is 17.9. The van der Waals surface area contributed by atoms with Crippen LogP contribution in [-0.2, 0) is 11.3 Å². The average Bonchev–Trinajstić information content (AvgIpc) is 3.04. The van der Waals surface area contributed by atoms with Gasteiger partial charge in [-0.15, -0.1) is 0 Å². The third-order valence-corrected chi connectivity index (χ3v) is 5.55. The second kappa shape index (κ2) is 8.82. The van der Waals surface area contributed by atoms with Gasteiger partial charge in [-0.2, -0.15) is 5.10 Å². The molecule has 0 aliphatic carbocycles. The third-order valence-electron chi connectivity index (χ3n) is 5.30. The molecule has 152 valence electrons. The Hall–Kier alpha value is -2.95. The quantitative estimate of drug-likeness (QED) is 0.520. The molecule has 30 heavy (non-hydrogen) atoms. The molecule has 1 amide bonds. The summed E-state index contributed by atoms with van der Waals surface area (Å²) < 4.78 is 0. The van der Waals surface area contributed by atoms with Crippen LogP contribution < -0.4 is 0 Å². The topological polar surface area (TPSA) is 35.9 Å². The van der Waals surface area contributed by atoms with Crippen molar-refractivity contribution in [1.29, 1.82) is 0 Å². The molecular weight excluding hydrogens is 394 g/mol. The van der Waals surface area contributed by atoms with E-state index in [1.807, 2.05) is 61.5 Å². The summed E-state index contributed by atoms with van der Waals surface area (Å²) in [5.41, 5.74) is 5.15. The van der Waals surface area contributed by atoms with E-state index in [1.54, 1.807) is 5.01 Å². The maximum absolute atomic E-state index is 13.0. The molecule has 1 saturated heterocycles. The Labute approximate surface area is 182 Å². The summed E-state index contributed by atoms with van der Waals surface area (Å²) in [6.45, 7) is 4.97. The van der Waals surface area contributed by atoms with Crippen molar-refractivity contribution in [3.63, 3.8) is 0 Å². The first kappa shape index (κ1) is 20.3. The van der Waals surface area contributed by atoms with E-state index in [0.29, 0.717) is 18.1 Å². The van der Waals surface area contributed by atoms with Crippen molar-refractivity contribution >= 4 is 23.2 Å². The van der Waals surface area contributed by atoms with Gasteiger partial charge in [-0.25, -0.2) is 5.01 Å². The van der Waals surface area contributed by atoms with Crippen molar-refractivity contribution in [2.45, 2.75) is 26.6 Å². The largest absolute Gasteiger partial charge is 0.271 e. The fraction of sp³-hybridized carbons (Fsp3) is 0.200. The highest BCUT2D eigenvalue weighted by atomic mass is 35.5. The van der Waals surface area contributed by atoms with Crippen LogP contribution in [0.25, 0.3) is 0 Å². The molecule has 0 bridgehead atoms. The monoisotopic (exact) mass is 417 g/mol. The Morgan fingerprint density at radius 1 is 1.00 bits per heavy atom. The van der Waals surface area contributed by atoms with Gasteiger partial charge in [0.1, 0.15) is 6.17 Å². The lowest BCUT2D eigenvalue weighted by atomic mass is 10.1. The van der Waals surface area contributed by atoms with Crippen LogP contribution in [0, 0.1) is 6.92 Å². The number of nitrogens with zero attached hydrogens (tertiary/aromatic N) is 3. The summed E-state index contributed by atoms with van der Waals surface area (Å²) in [7, 11) is 0. The molecule has 1 atom stereocenters. The predicted octanol–water partition coefficient (Wildman–Crippen LogP) is 5.42. The van der Waals surface area contributed by atoms with Crippen molar-refractivity contribution in [2.75, 3.05) is 6.54 Å². The Balaban J connectivity index is 1.69. The molecule has 4 rings (SSSR count). The standard InChI is InChI=1S/C25H24ClN3O/c1-18-8-10-21(11-9-18)19(2)27-29-24(30)17-28(16-20-6-4-3-5-7-20)25(29)22-12-14-23(26)15-13-22/h3-15,25H,16-17H2,1-2H3/b27-19-/t25-/m0/s1. The van der Waals surface area contributed by atoms with Crippen molar-refractivity contribution in [2.24, 2.45) is 5.10 Å². The van der Waals surface area contributed by atoms with Crippen molar-refractivity contribution in [3.8, 4) is 0 Å². The van der Waals surface area contributed by atoms with Crippen LogP contribution in [0.5, 0.6) is 0 Å². The van der Waals surface area contributed by atoms with E-state index in [-0.39, 0.29) is 12.1 Å². The van der Waals surface area contributed by atoms with E-state index in [4.69, 9.17) is 16.7 Å². The van der Waals surface area contributed by atoms with Gasteiger partial charge in [-0.3, -0.25) is 9.69 Å². The molecule has 4 nitrogen and oxygen atoms in total. The number of carbonyl (C=O) groups is 1. The molecule has 1 aliphatic rings. The highest BCUT2D eigenvalue weighted by Crippen LogP contribution is 2.33. The van der Waals surface area contributed by atoms with E-state index in [9.17, 15) is 4.79 Å². The fourth-order valence-corrected chi connectivity index (χ4v) is 3.82. The van der Waals surface area contributed by atoms with Gasteiger partial charge in [0.25, 0.3) is 5.91 Å². The molecule has 0 aromatic heterocycles. The van der Waals surface area contributed by atoms with Gasteiger partial charge >= 0.3 is 0 Å². The number of hydrazone groups is 1. The Kier molecular flexibility index (Phi) is 5.98. The van der Waals surface area contributed by atoms with Gasteiger partial charge in [0.15, 0.2) is 0 Å². The minimum Gasteiger partial charge on any atom is -0.271 e. The maximum Gasteiger partial charge on any atom is 0.258 e. The Bertz CT molecular complexity index is 1050. The summed E-state index contributed by atoms with van der Waals surface area (Å²) in [5, 5.41) is 7.04. The number of hydrogen-bond donors (Lipinski definition) is 0. The molecule has 3 aromatic carbocycles. The SMILES string of the molecule is C/C(=N/N1C(=O)CN(Cc2ccccc2)[C@@H]1c1ccc(Cl)cc1)c1ccc(C)cc1. The van der Waals surface area contributed by atoms with Crippen LogP contribution in [0.1, 0.15) is 35.3 Å². The van der Waals surface area contributed by atoms with Crippen molar-refractivity contribution < 1.29 is 4.79 Å². The van der Waals surface area contributed by atoms with E-state index in [1.165, 1.54) is 5.56 Å². The van der Waals surface area contributed by atoms with Crippen LogP contribution in [0.15, 0.2) is 84.0 Å². The van der Waals surface area contributed by atoms with Gasteiger partial charge in [0.05, 0.1) is 12.3 Å². The van der Waals surface area contributed by atoms with Gasteiger partial charge in [-0.1, -0.05) is 83.9 Å². The van der Waals surface area contributed by atoms with E-state index in [0.717, 1.165) is 22.4 Å². The number of amides is 1. The van der Waals surface area contributed by atoms with Crippen molar-refractivity contribution in [3.05, 3.63) is 106 Å². The lowest BCUT2D eigenvalue weighted by molar-refractivity contribution is -0.128. The lowest BCUT2D eigenvalue weighted by Gasteiger charge is -2.28. The summed E-state index contributed by atoms with van der Waals surface area (Å²) >= 11 is 6.10. The summed E-state index contributed by atoms with van der Waals surface area (Å²) in [4.78, 5) is 15.1. The molecule has 0 N–H and O–H groups in total. The number of carbonyl (C=O) groups excluding carboxylic acids is 1. The van der Waals surface area contributed by atoms with Gasteiger partial charge in [0.2, 0.25) is 0 Å². The van der Waals surface area contributed by atoms with Crippen LogP contribution >= 0.6 is 11.6 Å². The van der Waals surface area contributed by atoms with E-state index >= 15 is 0 Å². The molecule has 0 spiro atoms. The summed E-state index contributed by atoms with van der Waals surface area (Å²) in [5.74, 6) is -0.0163. The number of rotatable bonds is 5. The predicted molar refractivity (Wildman–Crippen MR) is 121 cm³/mol. The number of hydrogen-bond acceptors (Lipinski definition) is 3. The van der Waals surface area contributed by atoms with Crippen LogP contribution in [0.2, 0.25) is 5.02 Å². The first-order chi connectivity index (χ1) is 14.5. The summed E-state index contributed by atoms with van der Waals surface area (Å²) in [6, 6.07) is 26.0. The maximum atomic E-state index is 13.0. The molecule has 0 unspecified atom stereocenters. The van der Waals surface area contributed by atoms with E-state index in [2.05, 4.69) is 36.1 Å². The number of aryl methyl sites for hydroxylation is 1.